The molecule has 0 spiro atoms. The fraction of sp³-hybridized carbons (Fsp3) is 0.200. The van der Waals surface area contributed by atoms with Crippen molar-refractivity contribution in [3.05, 3.63) is 119 Å². The van der Waals surface area contributed by atoms with E-state index >= 15 is 0 Å². The fourth-order valence-electron chi connectivity index (χ4n) is 6.88. The standard InChI is InChI=1S/C40H39N3O16S4/c1-43(23-4-24-58-45)40(44)30-6-3-2-5-29(30)35-31-15-17-33(41-21-19-25-7-11-27(12-8-25)60(46,47)48)38(62(52,53)54)36(31)59-37-32(35)16-18-34(39(37)63(55,56)57)42-22-20-26-9-13-28(14-10-26)61(49,50)51/h2-3,5-18,41,45H,4,19-24H2,1H3,(H,46,47,48)(H,49,50,51)(H,52,53,54)(H,55,56,57)/b42-34-. The number of hydrogen-bond donors (Lipinski definition) is 6. The van der Waals surface area contributed by atoms with Gasteiger partial charge in [-0.2, -0.15) is 33.7 Å². The second-order valence-electron chi connectivity index (χ2n) is 14.0. The van der Waals surface area contributed by atoms with Gasteiger partial charge in [0.1, 0.15) is 0 Å². The van der Waals surface area contributed by atoms with Gasteiger partial charge in [-0.05, 0) is 90.6 Å². The maximum Gasteiger partial charge on any atom is 0.300 e. The Bertz CT molecular complexity index is 3190. The highest BCUT2D eigenvalue weighted by Crippen LogP contribution is 2.46. The second kappa shape index (κ2) is 18.6. The van der Waals surface area contributed by atoms with Gasteiger partial charge in [-0.3, -0.25) is 33.3 Å². The number of hydrogen-bond acceptors (Lipinski definition) is 14. The van der Waals surface area contributed by atoms with Crippen LogP contribution in [0.1, 0.15) is 27.9 Å². The third kappa shape index (κ3) is 10.8. The highest BCUT2D eigenvalue weighted by Gasteiger charge is 2.32. The SMILES string of the molecule is CN(CCCOO)C(=O)c1ccccc1-c1c2cc/c(=N/CCc3ccc(S(=O)(=O)O)cc3)c(S(=O)(=O)O)c-2oc2c(S(=O)(=O)O)c(NCCc3ccc(S(=O)(=O)O)cc3)ccc12. The van der Waals surface area contributed by atoms with Gasteiger partial charge in [-0.25, -0.2) is 4.89 Å². The molecule has 334 valence electrons. The monoisotopic (exact) mass is 945 g/mol. The molecule has 63 heavy (non-hydrogen) atoms. The molecule has 0 saturated carbocycles. The summed E-state index contributed by atoms with van der Waals surface area (Å²) in [4.78, 5) is 21.4. The Balaban J connectivity index is 1.57. The van der Waals surface area contributed by atoms with E-state index in [0.29, 0.717) is 11.1 Å². The molecular formula is C40H39N3O16S4. The highest BCUT2D eigenvalue weighted by atomic mass is 32.2. The Kier molecular flexibility index (Phi) is 13.9. The number of carbonyl (C=O) groups is 1. The first-order chi connectivity index (χ1) is 29.6. The topological polar surface area (TPSA) is 305 Å². The Morgan fingerprint density at radius 1 is 0.698 bits per heavy atom. The maximum atomic E-state index is 14.0. The molecule has 1 aliphatic heterocycles. The van der Waals surface area contributed by atoms with Crippen LogP contribution in [-0.4, -0.2) is 101 Å². The van der Waals surface area contributed by atoms with Crippen LogP contribution in [0.5, 0.6) is 0 Å². The molecule has 19 nitrogen and oxygen atoms in total. The summed E-state index contributed by atoms with van der Waals surface area (Å²) < 4.78 is 146. The Hall–Kier alpha value is -5.60. The van der Waals surface area contributed by atoms with E-state index in [2.05, 4.69) is 15.2 Å². The van der Waals surface area contributed by atoms with Crippen molar-refractivity contribution in [1.29, 1.82) is 0 Å². The predicted octanol–water partition coefficient (Wildman–Crippen LogP) is 4.94. The van der Waals surface area contributed by atoms with E-state index < -0.39 is 67.5 Å². The Morgan fingerprint density at radius 3 is 1.86 bits per heavy atom. The van der Waals surface area contributed by atoms with Gasteiger partial charge in [-0.15, -0.1) is 0 Å². The average Bonchev–Trinajstić information content (AvgIpc) is 3.21. The molecular weight excluding hydrogens is 907 g/mol. The number of benzene rings is 5. The van der Waals surface area contributed by atoms with E-state index in [9.17, 15) is 56.7 Å². The zero-order valence-electron chi connectivity index (χ0n) is 32.9. The molecule has 6 N–H and O–H groups in total. The minimum absolute atomic E-state index is 0.0114. The number of fused-ring (bicyclic) bond motifs is 2. The summed E-state index contributed by atoms with van der Waals surface area (Å²) >= 11 is 0. The number of nitrogens with zero attached hydrogens (tertiary/aromatic N) is 2. The van der Waals surface area contributed by atoms with Crippen LogP contribution in [0.25, 0.3) is 33.4 Å². The van der Waals surface area contributed by atoms with Crippen molar-refractivity contribution in [2.75, 3.05) is 38.6 Å². The molecule has 0 atom stereocenters. The summed E-state index contributed by atoms with van der Waals surface area (Å²) in [6.07, 6.45) is 0.541. The number of carbonyl (C=O) groups excluding carboxylic acids is 1. The summed E-state index contributed by atoms with van der Waals surface area (Å²) in [5.74, 6) is -1.13. The third-order valence-corrected chi connectivity index (χ3v) is 13.4. The quantitative estimate of drug-likeness (QED) is 0.0232. The molecule has 1 amide bonds. The van der Waals surface area contributed by atoms with Crippen molar-refractivity contribution in [1.82, 2.24) is 4.90 Å². The minimum atomic E-state index is -5.28. The number of rotatable bonds is 17. The third-order valence-electron chi connectivity index (χ3n) is 9.82. The van der Waals surface area contributed by atoms with E-state index in [0.717, 1.165) is 0 Å². The van der Waals surface area contributed by atoms with Gasteiger partial charge in [0.15, 0.2) is 21.1 Å². The van der Waals surface area contributed by atoms with Gasteiger partial charge in [0.25, 0.3) is 46.4 Å². The zero-order valence-corrected chi connectivity index (χ0v) is 36.2. The number of amides is 1. The predicted molar refractivity (Wildman–Crippen MR) is 227 cm³/mol. The highest BCUT2D eigenvalue weighted by molar-refractivity contribution is 7.86. The van der Waals surface area contributed by atoms with Crippen molar-refractivity contribution in [2.45, 2.75) is 38.8 Å². The van der Waals surface area contributed by atoms with Gasteiger partial charge in [0.2, 0.25) is 0 Å². The van der Waals surface area contributed by atoms with Gasteiger partial charge < -0.3 is 14.6 Å². The van der Waals surface area contributed by atoms with Crippen LogP contribution in [-0.2, 0) is 58.2 Å². The summed E-state index contributed by atoms with van der Waals surface area (Å²) in [5.41, 5.74) is 0.583. The summed E-state index contributed by atoms with van der Waals surface area (Å²) in [6.45, 7) is -0.0829. The van der Waals surface area contributed by atoms with E-state index in [1.807, 2.05) is 0 Å². The van der Waals surface area contributed by atoms with Gasteiger partial charge in [-0.1, -0.05) is 42.5 Å². The largest absolute Gasteiger partial charge is 0.453 e. The molecule has 0 bridgehead atoms. The molecule has 0 aromatic heterocycles. The van der Waals surface area contributed by atoms with Crippen molar-refractivity contribution in [3.63, 3.8) is 0 Å². The van der Waals surface area contributed by atoms with Crippen LogP contribution in [0.4, 0.5) is 5.69 Å². The van der Waals surface area contributed by atoms with Crippen molar-refractivity contribution in [3.8, 4) is 22.5 Å². The van der Waals surface area contributed by atoms with Crippen LogP contribution in [0, 0.1) is 0 Å². The molecule has 0 fully saturated rings. The fourth-order valence-corrected chi connectivity index (χ4v) is 9.43. The Labute approximate surface area is 361 Å². The molecule has 6 rings (SSSR count). The lowest BCUT2D eigenvalue weighted by molar-refractivity contribution is -0.242. The van der Waals surface area contributed by atoms with E-state index in [1.165, 1.54) is 96.9 Å². The molecule has 1 aliphatic carbocycles. The summed E-state index contributed by atoms with van der Waals surface area (Å²) in [6, 6.07) is 21.9. The van der Waals surface area contributed by atoms with Crippen LogP contribution >= 0.6 is 0 Å². The molecule has 0 saturated heterocycles. The van der Waals surface area contributed by atoms with Crippen LogP contribution in [0.3, 0.4) is 0 Å². The van der Waals surface area contributed by atoms with E-state index in [4.69, 9.17) is 9.67 Å². The first kappa shape index (κ1) is 46.9. The molecule has 4 aromatic carbocycles. The van der Waals surface area contributed by atoms with Crippen LogP contribution < -0.4 is 10.7 Å². The average molecular weight is 946 g/mol. The van der Waals surface area contributed by atoms with E-state index in [1.54, 1.807) is 12.1 Å². The normalized spacial score (nSPS) is 12.8. The molecule has 4 aromatic rings. The number of nitrogens with one attached hydrogen (secondary N) is 1. The molecule has 1 heterocycles. The summed E-state index contributed by atoms with van der Waals surface area (Å²) in [5, 5.41) is 11.4. The maximum absolute atomic E-state index is 14.0. The molecule has 0 unspecified atom stereocenters. The molecule has 2 aliphatic rings. The van der Waals surface area contributed by atoms with Gasteiger partial charge >= 0.3 is 0 Å². The van der Waals surface area contributed by atoms with Gasteiger partial charge in [0.05, 0.1) is 27.4 Å². The van der Waals surface area contributed by atoms with Gasteiger partial charge in [0, 0.05) is 48.8 Å². The first-order valence-corrected chi connectivity index (χ1v) is 24.4. The van der Waals surface area contributed by atoms with Crippen molar-refractivity contribution < 1.29 is 71.2 Å². The lowest BCUT2D eigenvalue weighted by atomic mass is 9.90. The number of anilines is 1. The van der Waals surface area contributed by atoms with Crippen molar-refractivity contribution in [2.24, 2.45) is 4.99 Å². The molecule has 0 radical (unpaired) electrons. The molecule has 23 heteroatoms. The smallest absolute Gasteiger partial charge is 0.300 e. The van der Waals surface area contributed by atoms with E-state index in [-0.39, 0.29) is 94.0 Å². The second-order valence-corrected chi connectivity index (χ2v) is 19.6. The zero-order chi connectivity index (χ0) is 45.9. The first-order valence-electron chi connectivity index (χ1n) is 18.6. The van der Waals surface area contributed by atoms with Crippen molar-refractivity contribution >= 4 is 63.0 Å². The lowest BCUT2D eigenvalue weighted by Crippen LogP contribution is -2.28. The van der Waals surface area contributed by atoms with Crippen LogP contribution in [0.15, 0.2) is 126 Å². The van der Waals surface area contributed by atoms with Crippen LogP contribution in [0.2, 0.25) is 0 Å². The minimum Gasteiger partial charge on any atom is -0.453 e. The summed E-state index contributed by atoms with van der Waals surface area (Å²) in [7, 11) is -18.0. The Morgan fingerprint density at radius 2 is 1.29 bits per heavy atom. The lowest BCUT2D eigenvalue weighted by Gasteiger charge is -2.23.